The minimum absolute atomic E-state index is 0.127. The van der Waals surface area contributed by atoms with Crippen molar-refractivity contribution in [3.05, 3.63) is 35.9 Å². The van der Waals surface area contributed by atoms with Crippen LogP contribution in [-0.4, -0.2) is 47.7 Å². The Bertz CT molecular complexity index is 777. The van der Waals surface area contributed by atoms with E-state index in [0.29, 0.717) is 44.6 Å². The highest BCUT2D eigenvalue weighted by molar-refractivity contribution is 6.39. The number of carbonyl (C=O) groups excluding carboxylic acids is 2. The number of hydrogen-bond acceptors (Lipinski definition) is 5. The van der Waals surface area contributed by atoms with E-state index in [0.717, 1.165) is 12.0 Å². The fourth-order valence-corrected chi connectivity index (χ4v) is 3.84. The summed E-state index contributed by atoms with van der Waals surface area (Å²) >= 11 is 0. The topological polar surface area (TPSA) is 94.8 Å². The van der Waals surface area contributed by atoms with Gasteiger partial charge in [-0.2, -0.15) is 5.26 Å². The first-order valence-corrected chi connectivity index (χ1v) is 9.82. The monoisotopic (exact) mass is 382 g/mol. The summed E-state index contributed by atoms with van der Waals surface area (Å²) in [6.07, 6.45) is 2.79. The van der Waals surface area contributed by atoms with Gasteiger partial charge in [0.15, 0.2) is 0 Å². The van der Waals surface area contributed by atoms with Crippen molar-refractivity contribution in [1.82, 2.24) is 10.2 Å². The molecule has 1 N–H and O–H groups in total. The molecule has 1 unspecified atom stereocenters. The first-order chi connectivity index (χ1) is 13.6. The van der Waals surface area contributed by atoms with Crippen molar-refractivity contribution in [1.29, 1.82) is 5.26 Å². The molecule has 0 bridgehead atoms. The summed E-state index contributed by atoms with van der Waals surface area (Å²) in [5.74, 6) is -0.254. The third-order valence-corrected chi connectivity index (χ3v) is 5.52. The summed E-state index contributed by atoms with van der Waals surface area (Å²) < 4.78 is 0. The number of piperidine rings is 1. The quantitative estimate of drug-likeness (QED) is 0.764. The molecule has 0 radical (unpaired) electrons. The van der Waals surface area contributed by atoms with E-state index in [-0.39, 0.29) is 24.2 Å². The maximum absolute atomic E-state index is 13.0. The number of carbonyl (C=O) groups is 2. The second-order valence-corrected chi connectivity index (χ2v) is 7.35. The van der Waals surface area contributed by atoms with E-state index >= 15 is 0 Å². The average Bonchev–Trinajstić information content (AvgIpc) is 3.13. The summed E-state index contributed by atoms with van der Waals surface area (Å²) in [6, 6.07) is 11.9. The van der Waals surface area contributed by atoms with Gasteiger partial charge in [-0.1, -0.05) is 42.4 Å². The zero-order valence-electron chi connectivity index (χ0n) is 16.2. The molecule has 1 fully saturated rings. The van der Waals surface area contributed by atoms with Gasteiger partial charge in [0.1, 0.15) is 11.3 Å². The molecule has 0 aromatic heterocycles. The molecule has 2 aliphatic heterocycles. The number of benzene rings is 1. The van der Waals surface area contributed by atoms with Crippen molar-refractivity contribution in [3.8, 4) is 6.07 Å². The molecule has 7 heteroatoms. The first-order valence-electron chi connectivity index (χ1n) is 9.82. The van der Waals surface area contributed by atoms with Crippen LogP contribution in [-0.2, 0) is 14.4 Å². The first kappa shape index (κ1) is 19.9. The molecule has 2 heterocycles. The van der Waals surface area contributed by atoms with Crippen LogP contribution in [0.2, 0.25) is 0 Å². The normalized spacial score (nSPS) is 18.7. The molecule has 1 aromatic carbocycles. The van der Waals surface area contributed by atoms with Crippen LogP contribution in [0.3, 0.4) is 0 Å². The van der Waals surface area contributed by atoms with Crippen LogP contribution < -0.4 is 5.32 Å². The zero-order valence-corrected chi connectivity index (χ0v) is 16.2. The molecular formula is C21H26N4O3. The zero-order chi connectivity index (χ0) is 20.0. The molecule has 1 aromatic rings. The van der Waals surface area contributed by atoms with Gasteiger partial charge in [0.05, 0.1) is 18.4 Å². The van der Waals surface area contributed by atoms with Crippen LogP contribution in [0.5, 0.6) is 0 Å². The summed E-state index contributed by atoms with van der Waals surface area (Å²) in [6.45, 7) is 3.54. The van der Waals surface area contributed by atoms with Crippen molar-refractivity contribution >= 4 is 17.5 Å². The van der Waals surface area contributed by atoms with Crippen molar-refractivity contribution in [2.24, 2.45) is 5.16 Å². The second kappa shape index (κ2) is 8.87. The Morgan fingerprint density at radius 1 is 1.32 bits per heavy atom. The summed E-state index contributed by atoms with van der Waals surface area (Å²) in [5, 5.41) is 15.2. The van der Waals surface area contributed by atoms with Crippen molar-refractivity contribution in [2.75, 3.05) is 19.6 Å². The van der Waals surface area contributed by atoms with Crippen LogP contribution in [0.4, 0.5) is 0 Å². The summed E-state index contributed by atoms with van der Waals surface area (Å²) in [7, 11) is 0. The predicted molar refractivity (Wildman–Crippen MR) is 104 cm³/mol. The highest BCUT2D eigenvalue weighted by atomic mass is 16.7. The lowest BCUT2D eigenvalue weighted by molar-refractivity contribution is -0.138. The van der Waals surface area contributed by atoms with Crippen LogP contribution in [0.1, 0.15) is 50.5 Å². The number of nitriles is 1. The van der Waals surface area contributed by atoms with Crippen LogP contribution in [0.15, 0.2) is 35.5 Å². The van der Waals surface area contributed by atoms with Crippen LogP contribution in [0.25, 0.3) is 0 Å². The minimum Gasteiger partial charge on any atom is -0.388 e. The maximum atomic E-state index is 13.0. The van der Waals surface area contributed by atoms with Gasteiger partial charge in [-0.3, -0.25) is 9.59 Å². The van der Waals surface area contributed by atoms with E-state index in [9.17, 15) is 9.59 Å². The Hall–Kier alpha value is -2.88. The number of oxime groups is 1. The molecule has 0 saturated carbocycles. The van der Waals surface area contributed by atoms with Crippen LogP contribution >= 0.6 is 0 Å². The maximum Gasteiger partial charge on any atom is 0.269 e. The predicted octanol–water partition coefficient (Wildman–Crippen LogP) is 2.35. The molecule has 28 heavy (non-hydrogen) atoms. The van der Waals surface area contributed by atoms with Gasteiger partial charge >= 0.3 is 0 Å². The largest absolute Gasteiger partial charge is 0.388 e. The Balaban J connectivity index is 1.54. The molecular weight excluding hydrogens is 356 g/mol. The lowest BCUT2D eigenvalue weighted by Crippen LogP contribution is -2.48. The average molecular weight is 382 g/mol. The van der Waals surface area contributed by atoms with Crippen LogP contribution in [0, 0.1) is 11.3 Å². The summed E-state index contributed by atoms with van der Waals surface area (Å²) in [4.78, 5) is 32.7. The molecule has 1 atom stereocenters. The van der Waals surface area contributed by atoms with E-state index < -0.39 is 5.60 Å². The number of nitrogens with one attached hydrogen (secondary N) is 1. The molecule has 1 saturated heterocycles. The lowest BCUT2D eigenvalue weighted by Gasteiger charge is -2.38. The van der Waals surface area contributed by atoms with E-state index in [1.54, 1.807) is 0 Å². The molecule has 7 nitrogen and oxygen atoms in total. The smallest absolute Gasteiger partial charge is 0.269 e. The van der Waals surface area contributed by atoms with E-state index in [2.05, 4.69) is 10.5 Å². The van der Waals surface area contributed by atoms with E-state index in [4.69, 9.17) is 10.1 Å². The van der Waals surface area contributed by atoms with Gasteiger partial charge in [-0.15, -0.1) is 0 Å². The standard InChI is InChI=1S/C21H26N4O3/c1-2-17(16-7-4-3-5-8-16)20(27)25-13-9-21(10-14-25)15-18(24-28-21)19(26)23-12-6-11-22/h3-5,7-8,17H,2,6,9-10,12-15H2,1H3,(H,23,26). The summed E-state index contributed by atoms with van der Waals surface area (Å²) in [5.41, 5.74) is 0.924. The lowest BCUT2D eigenvalue weighted by atomic mass is 9.85. The number of likely N-dealkylation sites (tertiary alicyclic amines) is 1. The minimum atomic E-state index is -0.493. The van der Waals surface area contributed by atoms with Gasteiger partial charge in [0, 0.05) is 38.9 Å². The highest BCUT2D eigenvalue weighted by Gasteiger charge is 2.44. The Kier molecular flexibility index (Phi) is 6.30. The third kappa shape index (κ3) is 4.33. The Morgan fingerprint density at radius 3 is 2.68 bits per heavy atom. The Labute approximate surface area is 165 Å². The van der Waals surface area contributed by atoms with Gasteiger partial charge in [0.2, 0.25) is 5.91 Å². The van der Waals surface area contributed by atoms with Crippen molar-refractivity contribution in [3.63, 3.8) is 0 Å². The number of hydrogen-bond donors (Lipinski definition) is 1. The van der Waals surface area contributed by atoms with Gasteiger partial charge in [-0.25, -0.2) is 0 Å². The van der Waals surface area contributed by atoms with Crippen molar-refractivity contribution < 1.29 is 14.4 Å². The van der Waals surface area contributed by atoms with E-state index in [1.165, 1.54) is 0 Å². The molecule has 2 aliphatic rings. The van der Waals surface area contributed by atoms with Crippen molar-refractivity contribution in [2.45, 2.75) is 50.5 Å². The van der Waals surface area contributed by atoms with E-state index in [1.807, 2.05) is 48.2 Å². The Morgan fingerprint density at radius 2 is 2.04 bits per heavy atom. The van der Waals surface area contributed by atoms with Gasteiger partial charge in [0.25, 0.3) is 5.91 Å². The van der Waals surface area contributed by atoms with Gasteiger partial charge < -0.3 is 15.1 Å². The molecule has 0 aliphatic carbocycles. The fraction of sp³-hybridized carbons (Fsp3) is 0.524. The SMILES string of the molecule is CCC(C(=O)N1CCC2(CC1)CC(C(=O)NCCC#N)=NO2)c1ccccc1. The number of nitrogens with zero attached hydrogens (tertiary/aromatic N) is 3. The highest BCUT2D eigenvalue weighted by Crippen LogP contribution is 2.36. The fourth-order valence-electron chi connectivity index (χ4n) is 3.84. The number of amides is 2. The molecule has 3 rings (SSSR count). The number of rotatable bonds is 6. The third-order valence-electron chi connectivity index (χ3n) is 5.52. The van der Waals surface area contributed by atoms with Gasteiger partial charge in [-0.05, 0) is 12.0 Å². The molecule has 1 spiro atoms. The second-order valence-electron chi connectivity index (χ2n) is 7.35. The molecule has 2 amide bonds. The molecule has 148 valence electrons.